The minimum Gasteiger partial charge on any atom is -0.343 e. The molecule has 1 aliphatic heterocycles. The number of carbonyl (C=O) groups excluding carboxylic acids is 2. The molecule has 0 bridgehead atoms. The maximum absolute atomic E-state index is 12.6. The lowest BCUT2D eigenvalue weighted by molar-refractivity contribution is -0.130. The summed E-state index contributed by atoms with van der Waals surface area (Å²) in [5, 5.41) is 2.78. The van der Waals surface area contributed by atoms with E-state index in [0.29, 0.717) is 5.56 Å². The number of rotatable bonds is 5. The van der Waals surface area contributed by atoms with E-state index in [4.69, 9.17) is 0 Å². The van der Waals surface area contributed by atoms with Crippen LogP contribution in [0.15, 0.2) is 48.5 Å². The summed E-state index contributed by atoms with van der Waals surface area (Å²) in [6.45, 7) is 4.82. The van der Waals surface area contributed by atoms with Gasteiger partial charge in [-0.3, -0.25) is 9.59 Å². The van der Waals surface area contributed by atoms with Gasteiger partial charge in [0.25, 0.3) is 5.91 Å². The maximum Gasteiger partial charge on any atom is 0.251 e. The third-order valence-electron chi connectivity index (χ3n) is 5.18. The van der Waals surface area contributed by atoms with Gasteiger partial charge in [-0.15, -0.1) is 0 Å². The zero-order valence-electron chi connectivity index (χ0n) is 15.5. The van der Waals surface area contributed by atoms with Gasteiger partial charge in [0.05, 0.1) is 6.54 Å². The highest BCUT2D eigenvalue weighted by Gasteiger charge is 2.28. The summed E-state index contributed by atoms with van der Waals surface area (Å²) in [7, 11) is 0. The number of hydrogen-bond acceptors (Lipinski definition) is 2. The molecule has 4 heteroatoms. The average molecular weight is 350 g/mol. The molecule has 1 fully saturated rings. The minimum absolute atomic E-state index is 0.000569. The quantitative estimate of drug-likeness (QED) is 0.900. The van der Waals surface area contributed by atoms with Crippen LogP contribution >= 0.6 is 0 Å². The lowest BCUT2D eigenvalue weighted by Gasteiger charge is -2.25. The highest BCUT2D eigenvalue weighted by Crippen LogP contribution is 2.21. The van der Waals surface area contributed by atoms with Gasteiger partial charge in [0, 0.05) is 18.2 Å². The lowest BCUT2D eigenvalue weighted by Crippen LogP contribution is -2.43. The fourth-order valence-electron chi connectivity index (χ4n) is 3.50. The second-order valence-corrected chi connectivity index (χ2v) is 7.05. The van der Waals surface area contributed by atoms with Crippen LogP contribution in [-0.4, -0.2) is 35.8 Å². The fourth-order valence-corrected chi connectivity index (χ4v) is 3.50. The molecule has 2 aromatic rings. The summed E-state index contributed by atoms with van der Waals surface area (Å²) in [4.78, 5) is 26.9. The Balaban J connectivity index is 1.56. The number of aryl methyl sites for hydroxylation is 2. The van der Waals surface area contributed by atoms with Crippen molar-refractivity contribution in [2.75, 3.05) is 13.1 Å². The van der Waals surface area contributed by atoms with Crippen molar-refractivity contribution >= 4 is 11.8 Å². The first-order chi connectivity index (χ1) is 12.5. The molecular weight excluding hydrogens is 324 g/mol. The highest BCUT2D eigenvalue weighted by molar-refractivity contribution is 5.96. The normalized spacial score (nSPS) is 16.5. The van der Waals surface area contributed by atoms with Gasteiger partial charge >= 0.3 is 0 Å². The molecule has 26 heavy (non-hydrogen) atoms. The van der Waals surface area contributed by atoms with Crippen molar-refractivity contribution in [3.63, 3.8) is 0 Å². The molecule has 1 atom stereocenters. The smallest absolute Gasteiger partial charge is 0.251 e. The first-order valence-corrected chi connectivity index (χ1v) is 9.23. The largest absolute Gasteiger partial charge is 0.343 e. The lowest BCUT2D eigenvalue weighted by atomic mass is 10.0. The maximum atomic E-state index is 12.6. The van der Waals surface area contributed by atoms with Crippen LogP contribution in [0.5, 0.6) is 0 Å². The SMILES string of the molecule is Cc1ccc(C(=O)NCC(=O)N2CCCC2Cc2ccccc2)cc1C. The molecule has 3 rings (SSSR count). The minimum atomic E-state index is -0.194. The van der Waals surface area contributed by atoms with Crippen LogP contribution in [0.1, 0.15) is 39.9 Å². The van der Waals surface area contributed by atoms with E-state index in [2.05, 4.69) is 17.4 Å². The van der Waals surface area contributed by atoms with Gasteiger partial charge in [0.15, 0.2) is 0 Å². The Morgan fingerprint density at radius 2 is 1.85 bits per heavy atom. The molecule has 1 heterocycles. The first kappa shape index (κ1) is 18.2. The van der Waals surface area contributed by atoms with Gasteiger partial charge in [-0.25, -0.2) is 0 Å². The molecule has 4 nitrogen and oxygen atoms in total. The van der Waals surface area contributed by atoms with Gasteiger partial charge in [-0.2, -0.15) is 0 Å². The molecular formula is C22H26N2O2. The van der Waals surface area contributed by atoms with Crippen LogP contribution in [0.3, 0.4) is 0 Å². The molecule has 136 valence electrons. The molecule has 2 amide bonds. The van der Waals surface area contributed by atoms with E-state index in [1.54, 1.807) is 6.07 Å². The van der Waals surface area contributed by atoms with E-state index < -0.39 is 0 Å². The van der Waals surface area contributed by atoms with Crippen molar-refractivity contribution in [3.05, 3.63) is 70.8 Å². The van der Waals surface area contributed by atoms with Crippen molar-refractivity contribution in [2.45, 2.75) is 39.2 Å². The molecule has 2 aromatic carbocycles. The van der Waals surface area contributed by atoms with Gasteiger partial charge in [-0.05, 0) is 61.9 Å². The first-order valence-electron chi connectivity index (χ1n) is 9.23. The van der Waals surface area contributed by atoms with Gasteiger partial charge in [-0.1, -0.05) is 36.4 Å². The molecule has 0 aromatic heterocycles. The molecule has 0 radical (unpaired) electrons. The summed E-state index contributed by atoms with van der Waals surface area (Å²) in [5.41, 5.74) is 4.07. The zero-order valence-corrected chi connectivity index (χ0v) is 15.5. The summed E-state index contributed by atoms with van der Waals surface area (Å²) in [5.74, 6) is -0.194. The number of nitrogens with one attached hydrogen (secondary N) is 1. The highest BCUT2D eigenvalue weighted by atomic mass is 16.2. The van der Waals surface area contributed by atoms with Crippen LogP contribution in [-0.2, 0) is 11.2 Å². The van der Waals surface area contributed by atoms with Crippen LogP contribution in [0.25, 0.3) is 0 Å². The van der Waals surface area contributed by atoms with Crippen LogP contribution in [0.4, 0.5) is 0 Å². The third kappa shape index (κ3) is 4.31. The van der Waals surface area contributed by atoms with E-state index in [1.807, 2.05) is 49.1 Å². The van der Waals surface area contributed by atoms with E-state index in [0.717, 1.165) is 36.9 Å². The van der Waals surface area contributed by atoms with E-state index in [1.165, 1.54) is 5.56 Å². The van der Waals surface area contributed by atoms with Crippen molar-refractivity contribution in [1.82, 2.24) is 10.2 Å². The summed E-state index contributed by atoms with van der Waals surface area (Å²) in [6.07, 6.45) is 2.91. The zero-order chi connectivity index (χ0) is 18.5. The van der Waals surface area contributed by atoms with Crippen LogP contribution in [0.2, 0.25) is 0 Å². The number of hydrogen-bond donors (Lipinski definition) is 1. The van der Waals surface area contributed by atoms with Crippen molar-refractivity contribution in [1.29, 1.82) is 0 Å². The number of likely N-dealkylation sites (tertiary alicyclic amines) is 1. The Kier molecular flexibility index (Phi) is 5.71. The average Bonchev–Trinajstić information content (AvgIpc) is 3.10. The molecule has 0 spiro atoms. The second kappa shape index (κ2) is 8.17. The number of carbonyl (C=O) groups is 2. The summed E-state index contributed by atoms with van der Waals surface area (Å²) in [6, 6.07) is 16.1. The van der Waals surface area contributed by atoms with Gasteiger partial charge < -0.3 is 10.2 Å². The predicted molar refractivity (Wildman–Crippen MR) is 103 cm³/mol. The Bertz CT molecular complexity index is 786. The van der Waals surface area contributed by atoms with Crippen molar-refractivity contribution in [3.8, 4) is 0 Å². The standard InChI is InChI=1S/C22H26N2O2/c1-16-10-11-19(13-17(16)2)22(26)23-15-21(25)24-12-6-9-20(24)14-18-7-4-3-5-8-18/h3-5,7-8,10-11,13,20H,6,9,12,14-15H2,1-2H3,(H,23,26). The topological polar surface area (TPSA) is 49.4 Å². The molecule has 1 unspecified atom stereocenters. The second-order valence-electron chi connectivity index (χ2n) is 7.05. The van der Waals surface area contributed by atoms with Crippen LogP contribution in [0, 0.1) is 13.8 Å². The Morgan fingerprint density at radius 1 is 1.08 bits per heavy atom. The number of nitrogens with zero attached hydrogens (tertiary/aromatic N) is 1. The Hall–Kier alpha value is -2.62. The monoisotopic (exact) mass is 350 g/mol. The van der Waals surface area contributed by atoms with Gasteiger partial charge in [0.2, 0.25) is 5.91 Å². The molecule has 1 N–H and O–H groups in total. The van der Waals surface area contributed by atoms with E-state index >= 15 is 0 Å². The molecule has 1 saturated heterocycles. The summed E-state index contributed by atoms with van der Waals surface area (Å²) >= 11 is 0. The molecule has 1 aliphatic rings. The fraction of sp³-hybridized carbons (Fsp3) is 0.364. The van der Waals surface area contributed by atoms with Gasteiger partial charge in [0.1, 0.15) is 0 Å². The van der Waals surface area contributed by atoms with Crippen molar-refractivity contribution < 1.29 is 9.59 Å². The Labute approximate surface area is 155 Å². The molecule has 0 aliphatic carbocycles. The summed E-state index contributed by atoms with van der Waals surface area (Å²) < 4.78 is 0. The number of amides is 2. The van der Waals surface area contributed by atoms with E-state index in [9.17, 15) is 9.59 Å². The number of benzene rings is 2. The van der Waals surface area contributed by atoms with Crippen LogP contribution < -0.4 is 5.32 Å². The Morgan fingerprint density at radius 3 is 2.58 bits per heavy atom. The predicted octanol–water partition coefficient (Wildman–Crippen LogP) is 3.27. The van der Waals surface area contributed by atoms with E-state index in [-0.39, 0.29) is 24.4 Å². The third-order valence-corrected chi connectivity index (χ3v) is 5.18. The molecule has 0 saturated carbocycles. The van der Waals surface area contributed by atoms with Crippen molar-refractivity contribution in [2.24, 2.45) is 0 Å².